The molecule has 0 saturated heterocycles. The zero-order valence-corrected chi connectivity index (χ0v) is 11.4. The van der Waals surface area contributed by atoms with Crippen molar-refractivity contribution in [3.8, 4) is 0 Å². The largest absolute Gasteiger partial charge is 0.394 e. The molecule has 2 amide bonds. The van der Waals surface area contributed by atoms with Crippen molar-refractivity contribution in [3.63, 3.8) is 0 Å². The molecular weight excluding hydrogens is 254 g/mol. The van der Waals surface area contributed by atoms with Crippen LogP contribution in [-0.2, 0) is 13.6 Å². The second-order valence-corrected chi connectivity index (χ2v) is 4.66. The van der Waals surface area contributed by atoms with Crippen LogP contribution in [0.1, 0.15) is 17.2 Å². The highest BCUT2D eigenvalue weighted by Gasteiger charge is 2.12. The monoisotopic (exact) mass is 273 g/mol. The number of amides is 2. The van der Waals surface area contributed by atoms with Gasteiger partial charge in [-0.05, 0) is 17.2 Å². The highest BCUT2D eigenvalue weighted by Crippen LogP contribution is 2.11. The van der Waals surface area contributed by atoms with E-state index in [2.05, 4.69) is 10.6 Å². The number of rotatable bonds is 5. The zero-order valence-electron chi connectivity index (χ0n) is 11.4. The van der Waals surface area contributed by atoms with Crippen LogP contribution in [0.2, 0.25) is 0 Å². The Kier molecular flexibility index (Phi) is 4.79. The lowest BCUT2D eigenvalue weighted by Gasteiger charge is -2.17. The summed E-state index contributed by atoms with van der Waals surface area (Å²) in [5, 5.41) is 14.9. The molecule has 0 unspecified atom stereocenters. The van der Waals surface area contributed by atoms with E-state index in [0.717, 1.165) is 11.1 Å². The molecule has 0 fully saturated rings. The second kappa shape index (κ2) is 6.77. The maximum Gasteiger partial charge on any atom is 0.315 e. The van der Waals surface area contributed by atoms with Crippen molar-refractivity contribution < 1.29 is 9.90 Å². The Labute approximate surface area is 118 Å². The molecule has 20 heavy (non-hydrogen) atoms. The molecule has 1 heterocycles. The lowest BCUT2D eigenvalue weighted by atomic mass is 10.1. The quantitative estimate of drug-likeness (QED) is 0.774. The van der Waals surface area contributed by atoms with Gasteiger partial charge < -0.3 is 20.3 Å². The molecule has 2 rings (SSSR count). The number of urea groups is 1. The second-order valence-electron chi connectivity index (χ2n) is 4.66. The van der Waals surface area contributed by atoms with Gasteiger partial charge in [-0.25, -0.2) is 4.79 Å². The summed E-state index contributed by atoms with van der Waals surface area (Å²) in [6.07, 6.45) is 3.87. The molecule has 0 spiro atoms. The number of benzene rings is 1. The van der Waals surface area contributed by atoms with Crippen molar-refractivity contribution in [1.29, 1.82) is 0 Å². The van der Waals surface area contributed by atoms with Crippen LogP contribution in [0.15, 0.2) is 48.8 Å². The lowest BCUT2D eigenvalue weighted by molar-refractivity contribution is 0.216. The van der Waals surface area contributed by atoms with E-state index in [4.69, 9.17) is 0 Å². The summed E-state index contributed by atoms with van der Waals surface area (Å²) in [7, 11) is 1.93. The first kappa shape index (κ1) is 14.1. The summed E-state index contributed by atoms with van der Waals surface area (Å²) in [6.45, 7) is 0.322. The van der Waals surface area contributed by atoms with E-state index in [1.54, 1.807) is 0 Å². The minimum Gasteiger partial charge on any atom is -0.394 e. The van der Waals surface area contributed by atoms with Gasteiger partial charge in [0, 0.05) is 26.0 Å². The SMILES string of the molecule is Cn1ccc(CNC(=O)N[C@H](CO)c2ccccc2)c1. The van der Waals surface area contributed by atoms with Gasteiger partial charge in [0.25, 0.3) is 0 Å². The molecule has 1 aromatic heterocycles. The standard InChI is InChI=1S/C15H19N3O2/c1-18-8-7-12(10-18)9-16-15(20)17-14(11-19)13-5-3-2-4-6-13/h2-8,10,14,19H,9,11H2,1H3,(H2,16,17,20)/t14-/m1/s1. The van der Waals surface area contributed by atoms with Crippen LogP contribution in [0.25, 0.3) is 0 Å². The first-order chi connectivity index (χ1) is 9.69. The average Bonchev–Trinajstić information content (AvgIpc) is 2.89. The van der Waals surface area contributed by atoms with E-state index in [1.807, 2.05) is 60.4 Å². The third kappa shape index (κ3) is 3.86. The molecule has 0 bridgehead atoms. The van der Waals surface area contributed by atoms with E-state index in [0.29, 0.717) is 6.54 Å². The molecule has 0 aliphatic carbocycles. The molecule has 0 radical (unpaired) electrons. The van der Waals surface area contributed by atoms with Gasteiger partial charge in [-0.2, -0.15) is 0 Å². The van der Waals surface area contributed by atoms with Crippen LogP contribution in [0.4, 0.5) is 4.79 Å². The fourth-order valence-corrected chi connectivity index (χ4v) is 1.98. The minimum absolute atomic E-state index is 0.136. The van der Waals surface area contributed by atoms with E-state index in [9.17, 15) is 9.90 Å². The Hall–Kier alpha value is -2.27. The molecule has 0 aliphatic rings. The number of carbonyl (C=O) groups is 1. The van der Waals surface area contributed by atoms with Crippen molar-refractivity contribution >= 4 is 6.03 Å². The number of carbonyl (C=O) groups excluding carboxylic acids is 1. The van der Waals surface area contributed by atoms with Gasteiger partial charge in [0.2, 0.25) is 0 Å². The summed E-state index contributed by atoms with van der Waals surface area (Å²) in [6, 6.07) is 10.7. The molecule has 3 N–H and O–H groups in total. The number of aromatic nitrogens is 1. The topological polar surface area (TPSA) is 66.3 Å². The first-order valence-corrected chi connectivity index (χ1v) is 6.50. The molecule has 1 aromatic carbocycles. The fourth-order valence-electron chi connectivity index (χ4n) is 1.98. The summed E-state index contributed by atoms with van der Waals surface area (Å²) in [4.78, 5) is 11.8. The van der Waals surface area contributed by atoms with Crippen LogP contribution >= 0.6 is 0 Å². The predicted octanol–water partition coefficient (Wildman–Crippen LogP) is 1.56. The third-order valence-corrected chi connectivity index (χ3v) is 3.04. The van der Waals surface area contributed by atoms with Gasteiger partial charge in [-0.3, -0.25) is 0 Å². The summed E-state index contributed by atoms with van der Waals surface area (Å²) >= 11 is 0. The lowest BCUT2D eigenvalue weighted by Crippen LogP contribution is -2.38. The average molecular weight is 273 g/mol. The molecule has 106 valence electrons. The Bertz CT molecular complexity index is 551. The normalized spacial score (nSPS) is 11.9. The Morgan fingerprint density at radius 1 is 1.30 bits per heavy atom. The number of hydrogen-bond donors (Lipinski definition) is 3. The molecule has 5 heteroatoms. The fraction of sp³-hybridized carbons (Fsp3) is 0.267. The van der Waals surface area contributed by atoms with E-state index in [1.165, 1.54) is 0 Å². The summed E-state index contributed by atoms with van der Waals surface area (Å²) in [5.41, 5.74) is 1.91. The van der Waals surface area contributed by atoms with Crippen molar-refractivity contribution in [2.24, 2.45) is 7.05 Å². The minimum atomic E-state index is -0.396. The maximum absolute atomic E-state index is 11.8. The van der Waals surface area contributed by atoms with Crippen molar-refractivity contribution in [2.75, 3.05) is 6.61 Å². The molecule has 1 atom stereocenters. The van der Waals surface area contributed by atoms with Gasteiger partial charge >= 0.3 is 6.03 Å². The number of aliphatic hydroxyl groups excluding tert-OH is 1. The van der Waals surface area contributed by atoms with E-state index < -0.39 is 6.04 Å². The zero-order chi connectivity index (χ0) is 14.4. The van der Waals surface area contributed by atoms with Gasteiger partial charge in [-0.15, -0.1) is 0 Å². The Balaban J connectivity index is 1.86. The Morgan fingerprint density at radius 2 is 2.05 bits per heavy atom. The summed E-state index contributed by atoms with van der Waals surface area (Å²) in [5.74, 6) is 0. The van der Waals surface area contributed by atoms with E-state index >= 15 is 0 Å². The van der Waals surface area contributed by atoms with Crippen LogP contribution in [-0.4, -0.2) is 22.3 Å². The highest BCUT2D eigenvalue weighted by molar-refractivity contribution is 5.74. The van der Waals surface area contributed by atoms with E-state index in [-0.39, 0.29) is 12.6 Å². The molecule has 0 aliphatic heterocycles. The van der Waals surface area contributed by atoms with Crippen LogP contribution in [0, 0.1) is 0 Å². The van der Waals surface area contributed by atoms with Gasteiger partial charge in [0.1, 0.15) is 0 Å². The number of nitrogens with one attached hydrogen (secondary N) is 2. The van der Waals surface area contributed by atoms with Crippen molar-refractivity contribution in [3.05, 3.63) is 59.9 Å². The number of hydrogen-bond acceptors (Lipinski definition) is 2. The molecule has 2 aromatic rings. The molecule has 0 saturated carbocycles. The third-order valence-electron chi connectivity index (χ3n) is 3.04. The Morgan fingerprint density at radius 3 is 2.65 bits per heavy atom. The maximum atomic E-state index is 11.8. The predicted molar refractivity (Wildman–Crippen MR) is 77.1 cm³/mol. The van der Waals surface area contributed by atoms with Gasteiger partial charge in [0.15, 0.2) is 0 Å². The van der Waals surface area contributed by atoms with Crippen LogP contribution in [0.3, 0.4) is 0 Å². The highest BCUT2D eigenvalue weighted by atomic mass is 16.3. The van der Waals surface area contributed by atoms with Gasteiger partial charge in [-0.1, -0.05) is 30.3 Å². The smallest absolute Gasteiger partial charge is 0.315 e. The van der Waals surface area contributed by atoms with Crippen molar-refractivity contribution in [2.45, 2.75) is 12.6 Å². The molecule has 5 nitrogen and oxygen atoms in total. The number of aryl methyl sites for hydroxylation is 1. The first-order valence-electron chi connectivity index (χ1n) is 6.50. The molecular formula is C15H19N3O2. The van der Waals surface area contributed by atoms with Gasteiger partial charge in [0.05, 0.1) is 12.6 Å². The van der Waals surface area contributed by atoms with Crippen LogP contribution < -0.4 is 10.6 Å². The summed E-state index contributed by atoms with van der Waals surface area (Å²) < 4.78 is 1.93. The van der Waals surface area contributed by atoms with Crippen molar-refractivity contribution in [1.82, 2.24) is 15.2 Å². The number of nitrogens with zero attached hydrogens (tertiary/aromatic N) is 1. The van der Waals surface area contributed by atoms with Crippen LogP contribution in [0.5, 0.6) is 0 Å². The number of aliphatic hydroxyl groups is 1.